The molecule has 6 nitrogen and oxygen atoms in total. The van der Waals surface area contributed by atoms with Crippen molar-refractivity contribution < 1.29 is 14.2 Å². The molecule has 0 saturated heterocycles. The van der Waals surface area contributed by atoms with Crippen LogP contribution < -0.4 is 24.8 Å². The van der Waals surface area contributed by atoms with Crippen molar-refractivity contribution in [2.45, 2.75) is 26.3 Å². The van der Waals surface area contributed by atoms with E-state index in [1.54, 1.807) is 28.4 Å². The number of nitrogens with zero attached hydrogens (tertiary/aromatic N) is 1. The van der Waals surface area contributed by atoms with Gasteiger partial charge in [0.2, 0.25) is 5.75 Å². The quantitative estimate of drug-likeness (QED) is 0.438. The van der Waals surface area contributed by atoms with Gasteiger partial charge in [-0.2, -0.15) is 0 Å². The Morgan fingerprint density at radius 1 is 1.05 bits per heavy atom. The summed E-state index contributed by atoms with van der Waals surface area (Å²) in [5.74, 6) is 2.68. The maximum absolute atomic E-state index is 5.47. The van der Waals surface area contributed by atoms with E-state index in [1.807, 2.05) is 12.1 Å². The molecular formula is C16H27N3O3. The van der Waals surface area contributed by atoms with Gasteiger partial charge in [-0.15, -0.1) is 0 Å². The number of methoxy groups -OCH3 is 3. The number of aliphatic imine (C=N–C) groups is 1. The fourth-order valence-corrected chi connectivity index (χ4v) is 2.09. The Hall–Kier alpha value is -2.11. The van der Waals surface area contributed by atoms with Gasteiger partial charge < -0.3 is 24.8 Å². The zero-order chi connectivity index (χ0) is 16.4. The van der Waals surface area contributed by atoms with Crippen molar-refractivity contribution in [3.8, 4) is 17.2 Å². The molecule has 0 spiro atoms. The highest BCUT2D eigenvalue weighted by Crippen LogP contribution is 2.39. The van der Waals surface area contributed by atoms with Gasteiger partial charge in [-0.1, -0.05) is 13.3 Å². The normalized spacial score (nSPS) is 11.0. The maximum atomic E-state index is 5.47. The summed E-state index contributed by atoms with van der Waals surface area (Å²) in [6.07, 6.45) is 2.26. The van der Waals surface area contributed by atoms with Crippen molar-refractivity contribution in [1.82, 2.24) is 10.6 Å². The largest absolute Gasteiger partial charge is 0.493 e. The topological polar surface area (TPSA) is 64.1 Å². The van der Waals surface area contributed by atoms with E-state index in [9.17, 15) is 0 Å². The number of ether oxygens (including phenoxy) is 3. The second-order valence-electron chi connectivity index (χ2n) is 4.70. The highest BCUT2D eigenvalue weighted by molar-refractivity contribution is 5.79. The van der Waals surface area contributed by atoms with Crippen LogP contribution in [0.3, 0.4) is 0 Å². The number of benzene rings is 1. The van der Waals surface area contributed by atoms with Gasteiger partial charge >= 0.3 is 0 Å². The van der Waals surface area contributed by atoms with Crippen LogP contribution in [0.2, 0.25) is 0 Å². The Morgan fingerprint density at radius 3 is 2.32 bits per heavy atom. The first-order chi connectivity index (χ1) is 10.7. The summed E-state index contributed by atoms with van der Waals surface area (Å²) in [6, 6.07) is 3.82. The van der Waals surface area contributed by atoms with Crippen molar-refractivity contribution in [3.05, 3.63) is 17.7 Å². The van der Waals surface area contributed by atoms with Gasteiger partial charge in [0.15, 0.2) is 17.5 Å². The number of rotatable bonds is 8. The molecule has 1 aromatic carbocycles. The predicted molar refractivity (Wildman–Crippen MR) is 89.2 cm³/mol. The third-order valence-corrected chi connectivity index (χ3v) is 3.28. The van der Waals surface area contributed by atoms with Gasteiger partial charge in [-0.25, -0.2) is 0 Å². The van der Waals surface area contributed by atoms with Crippen LogP contribution >= 0.6 is 0 Å². The molecular weight excluding hydrogens is 282 g/mol. The lowest BCUT2D eigenvalue weighted by Crippen LogP contribution is -2.37. The van der Waals surface area contributed by atoms with Crippen LogP contribution in [0.5, 0.6) is 17.2 Å². The summed E-state index contributed by atoms with van der Waals surface area (Å²) >= 11 is 0. The molecule has 2 N–H and O–H groups in total. The average Bonchev–Trinajstić information content (AvgIpc) is 2.56. The van der Waals surface area contributed by atoms with E-state index in [-0.39, 0.29) is 0 Å². The molecule has 1 rings (SSSR count). The van der Waals surface area contributed by atoms with Crippen LogP contribution in [0, 0.1) is 0 Å². The van der Waals surface area contributed by atoms with Crippen LogP contribution in [-0.2, 0) is 6.54 Å². The molecule has 0 saturated carbocycles. The Balaban J connectivity index is 2.80. The van der Waals surface area contributed by atoms with Gasteiger partial charge in [0.25, 0.3) is 0 Å². The van der Waals surface area contributed by atoms with Gasteiger partial charge in [-0.3, -0.25) is 4.99 Å². The average molecular weight is 309 g/mol. The highest BCUT2D eigenvalue weighted by Gasteiger charge is 2.15. The van der Waals surface area contributed by atoms with Crippen molar-refractivity contribution in [2.75, 3.05) is 34.9 Å². The summed E-state index contributed by atoms with van der Waals surface area (Å²) in [6.45, 7) is 3.64. The van der Waals surface area contributed by atoms with Crippen LogP contribution in [0.4, 0.5) is 0 Å². The number of guanidine groups is 1. The molecule has 0 atom stereocenters. The lowest BCUT2D eigenvalue weighted by atomic mass is 10.1. The monoisotopic (exact) mass is 309 g/mol. The molecule has 0 fully saturated rings. The third kappa shape index (κ3) is 4.72. The molecule has 124 valence electrons. The molecule has 1 aromatic rings. The van der Waals surface area contributed by atoms with Gasteiger partial charge in [-0.05, 0) is 18.6 Å². The van der Waals surface area contributed by atoms with Gasteiger partial charge in [0.1, 0.15) is 0 Å². The minimum Gasteiger partial charge on any atom is -0.493 e. The molecule has 0 aromatic heterocycles. The van der Waals surface area contributed by atoms with Crippen LogP contribution in [0.1, 0.15) is 25.3 Å². The molecule has 0 amide bonds. The molecule has 6 heteroatoms. The summed E-state index contributed by atoms with van der Waals surface area (Å²) in [4.78, 5) is 4.20. The second kappa shape index (κ2) is 9.76. The smallest absolute Gasteiger partial charge is 0.203 e. The van der Waals surface area contributed by atoms with E-state index in [0.29, 0.717) is 23.8 Å². The lowest BCUT2D eigenvalue weighted by molar-refractivity contribution is 0.322. The Labute approximate surface area is 132 Å². The van der Waals surface area contributed by atoms with E-state index in [0.717, 1.165) is 30.9 Å². The number of hydrogen-bond acceptors (Lipinski definition) is 4. The van der Waals surface area contributed by atoms with E-state index < -0.39 is 0 Å². The van der Waals surface area contributed by atoms with Crippen molar-refractivity contribution >= 4 is 5.96 Å². The SMILES string of the molecule is CCCCNC(=NC)NCc1ccc(OC)c(OC)c1OC. The van der Waals surface area contributed by atoms with Crippen molar-refractivity contribution in [2.24, 2.45) is 4.99 Å². The number of unbranched alkanes of at least 4 members (excludes halogenated alkanes) is 1. The van der Waals surface area contributed by atoms with Gasteiger partial charge in [0.05, 0.1) is 21.3 Å². The first kappa shape index (κ1) is 17.9. The van der Waals surface area contributed by atoms with E-state index >= 15 is 0 Å². The molecule has 0 unspecified atom stereocenters. The Kier molecular flexibility index (Phi) is 7.96. The van der Waals surface area contributed by atoms with Crippen molar-refractivity contribution in [3.63, 3.8) is 0 Å². The van der Waals surface area contributed by atoms with Crippen LogP contribution in [0.15, 0.2) is 17.1 Å². The number of nitrogens with one attached hydrogen (secondary N) is 2. The summed E-state index contributed by atoms with van der Waals surface area (Å²) in [5, 5.41) is 6.54. The highest BCUT2D eigenvalue weighted by atomic mass is 16.5. The summed E-state index contributed by atoms with van der Waals surface area (Å²) < 4.78 is 16.1. The first-order valence-electron chi connectivity index (χ1n) is 7.44. The van der Waals surface area contributed by atoms with E-state index in [1.165, 1.54) is 0 Å². The zero-order valence-corrected chi connectivity index (χ0v) is 14.2. The first-order valence-corrected chi connectivity index (χ1v) is 7.44. The lowest BCUT2D eigenvalue weighted by Gasteiger charge is -2.17. The van der Waals surface area contributed by atoms with Gasteiger partial charge in [0, 0.05) is 25.7 Å². The van der Waals surface area contributed by atoms with Crippen molar-refractivity contribution in [1.29, 1.82) is 0 Å². The fraction of sp³-hybridized carbons (Fsp3) is 0.562. The molecule has 0 aliphatic rings. The Bertz CT molecular complexity index is 490. The number of hydrogen-bond donors (Lipinski definition) is 2. The summed E-state index contributed by atoms with van der Waals surface area (Å²) in [5.41, 5.74) is 0.971. The minimum absolute atomic E-state index is 0.579. The molecule has 22 heavy (non-hydrogen) atoms. The predicted octanol–water partition coefficient (Wildman–Crippen LogP) is 2.18. The molecule has 0 bridgehead atoms. The molecule has 0 aliphatic heterocycles. The summed E-state index contributed by atoms with van der Waals surface area (Å²) in [7, 11) is 6.58. The molecule has 0 heterocycles. The fourth-order valence-electron chi connectivity index (χ4n) is 2.09. The van der Waals surface area contributed by atoms with Crippen LogP contribution in [0.25, 0.3) is 0 Å². The Morgan fingerprint density at radius 2 is 1.77 bits per heavy atom. The van der Waals surface area contributed by atoms with E-state index in [4.69, 9.17) is 14.2 Å². The van der Waals surface area contributed by atoms with E-state index in [2.05, 4.69) is 22.5 Å². The minimum atomic E-state index is 0.579. The zero-order valence-electron chi connectivity index (χ0n) is 14.2. The molecule has 0 aliphatic carbocycles. The van der Waals surface area contributed by atoms with Crippen LogP contribution in [-0.4, -0.2) is 40.9 Å². The second-order valence-corrected chi connectivity index (χ2v) is 4.70. The standard InChI is InChI=1S/C16H27N3O3/c1-6-7-10-18-16(17-2)19-11-12-8-9-13(20-3)15(22-5)14(12)21-4/h8-9H,6-7,10-11H2,1-5H3,(H2,17,18,19). The molecule has 0 radical (unpaired) electrons. The third-order valence-electron chi connectivity index (χ3n) is 3.28. The maximum Gasteiger partial charge on any atom is 0.203 e.